The van der Waals surface area contributed by atoms with Crippen LogP contribution in [0.25, 0.3) is 0 Å². The van der Waals surface area contributed by atoms with Gasteiger partial charge in [-0.3, -0.25) is 9.69 Å². The molecule has 0 aliphatic carbocycles. The normalized spacial score (nSPS) is 15.8. The van der Waals surface area contributed by atoms with E-state index in [1.165, 1.54) is 0 Å². The molecule has 0 saturated carbocycles. The molecule has 1 aliphatic heterocycles. The molecule has 1 heterocycles. The maximum atomic E-state index is 12.0. The Bertz CT molecular complexity index is 210. The van der Waals surface area contributed by atoms with Crippen LogP contribution in [0.15, 0.2) is 0 Å². The number of carbonyl (C=O) groups excluding carboxylic acids is 1. The van der Waals surface area contributed by atoms with E-state index in [1.54, 1.807) is 7.11 Å². The lowest BCUT2D eigenvalue weighted by molar-refractivity contribution is -0.131. The monoisotopic (exact) mass is 243 g/mol. The van der Waals surface area contributed by atoms with Crippen molar-refractivity contribution in [3.63, 3.8) is 0 Å². The second-order valence-electron chi connectivity index (χ2n) is 4.50. The Hall–Kier alpha value is -0.650. The number of likely N-dealkylation sites (tertiary alicyclic amines) is 1. The van der Waals surface area contributed by atoms with Gasteiger partial charge in [0.05, 0.1) is 13.2 Å². The summed E-state index contributed by atoms with van der Waals surface area (Å²) < 4.78 is 5.06. The minimum Gasteiger partial charge on any atom is -0.383 e. The van der Waals surface area contributed by atoms with Crippen LogP contribution >= 0.6 is 0 Å². The van der Waals surface area contributed by atoms with E-state index in [1.807, 2.05) is 4.90 Å². The Morgan fingerprint density at radius 1 is 1.35 bits per heavy atom. The van der Waals surface area contributed by atoms with Crippen LogP contribution in [0.4, 0.5) is 0 Å². The Morgan fingerprint density at radius 2 is 2.06 bits per heavy atom. The molecule has 1 amide bonds. The number of nitrogens with zero attached hydrogens (tertiary/aromatic N) is 2. The Kier molecular flexibility index (Phi) is 7.16. The van der Waals surface area contributed by atoms with Crippen molar-refractivity contribution in [2.75, 3.05) is 53.0 Å². The van der Waals surface area contributed by atoms with Crippen LogP contribution in [0.5, 0.6) is 0 Å². The molecule has 1 fully saturated rings. The van der Waals surface area contributed by atoms with Crippen LogP contribution < -0.4 is 5.73 Å². The number of hydrogen-bond donors (Lipinski definition) is 1. The molecule has 0 spiro atoms. The van der Waals surface area contributed by atoms with Gasteiger partial charge < -0.3 is 15.4 Å². The first-order valence-corrected chi connectivity index (χ1v) is 6.47. The van der Waals surface area contributed by atoms with Crippen molar-refractivity contribution in [1.82, 2.24) is 9.80 Å². The van der Waals surface area contributed by atoms with Crippen LogP contribution in [0.3, 0.4) is 0 Å². The highest BCUT2D eigenvalue weighted by atomic mass is 16.5. The standard InChI is InChI=1S/C12H25N3O2/c1-17-10-9-14(6-4-5-13)11-12(16)15-7-2-3-8-15/h2-11,13H2,1H3. The van der Waals surface area contributed by atoms with Gasteiger partial charge in [0.15, 0.2) is 0 Å². The highest BCUT2D eigenvalue weighted by molar-refractivity contribution is 5.78. The van der Waals surface area contributed by atoms with Gasteiger partial charge >= 0.3 is 0 Å². The fourth-order valence-corrected chi connectivity index (χ4v) is 2.06. The van der Waals surface area contributed by atoms with Gasteiger partial charge in [-0.1, -0.05) is 0 Å². The number of nitrogens with two attached hydrogens (primary N) is 1. The average molecular weight is 243 g/mol. The fraction of sp³-hybridized carbons (Fsp3) is 0.917. The largest absolute Gasteiger partial charge is 0.383 e. The maximum Gasteiger partial charge on any atom is 0.236 e. The molecule has 1 saturated heterocycles. The summed E-state index contributed by atoms with van der Waals surface area (Å²) in [6.45, 7) is 5.36. The highest BCUT2D eigenvalue weighted by Crippen LogP contribution is 2.08. The number of carbonyl (C=O) groups is 1. The molecule has 5 heteroatoms. The minimum atomic E-state index is 0.246. The summed E-state index contributed by atoms with van der Waals surface area (Å²) in [6.07, 6.45) is 3.22. The lowest BCUT2D eigenvalue weighted by atomic mass is 10.3. The minimum absolute atomic E-state index is 0.246. The van der Waals surface area contributed by atoms with Crippen LogP contribution in [-0.4, -0.2) is 68.7 Å². The second-order valence-corrected chi connectivity index (χ2v) is 4.50. The Morgan fingerprint density at radius 3 is 2.65 bits per heavy atom. The maximum absolute atomic E-state index is 12.0. The SMILES string of the molecule is COCCN(CCCN)CC(=O)N1CCCC1. The Balaban J connectivity index is 2.31. The van der Waals surface area contributed by atoms with Crippen LogP contribution in [0, 0.1) is 0 Å². The van der Waals surface area contributed by atoms with Crippen LogP contribution in [0.2, 0.25) is 0 Å². The summed E-state index contributed by atoms with van der Waals surface area (Å²) in [7, 11) is 1.68. The van der Waals surface area contributed by atoms with Crippen molar-refractivity contribution in [1.29, 1.82) is 0 Å². The molecule has 2 N–H and O–H groups in total. The molecule has 17 heavy (non-hydrogen) atoms. The summed E-state index contributed by atoms with van der Waals surface area (Å²) in [4.78, 5) is 16.1. The van der Waals surface area contributed by atoms with Gasteiger partial charge in [0.2, 0.25) is 5.91 Å². The molecule has 0 aromatic carbocycles. The summed E-state index contributed by atoms with van der Waals surface area (Å²) >= 11 is 0. The summed E-state index contributed by atoms with van der Waals surface area (Å²) in [5.74, 6) is 0.246. The lowest BCUT2D eigenvalue weighted by Crippen LogP contribution is -2.41. The van der Waals surface area contributed by atoms with Gasteiger partial charge in [-0.05, 0) is 32.4 Å². The third kappa shape index (κ3) is 5.48. The van der Waals surface area contributed by atoms with Crippen molar-refractivity contribution in [2.45, 2.75) is 19.3 Å². The van der Waals surface area contributed by atoms with Gasteiger partial charge in [0.25, 0.3) is 0 Å². The molecular weight excluding hydrogens is 218 g/mol. The zero-order chi connectivity index (χ0) is 12.5. The number of rotatable bonds is 8. The predicted octanol–water partition coefficient (Wildman–Crippen LogP) is -0.0940. The third-order valence-corrected chi connectivity index (χ3v) is 3.11. The molecule has 100 valence electrons. The van der Waals surface area contributed by atoms with Crippen molar-refractivity contribution in [2.24, 2.45) is 5.73 Å². The Labute approximate surface area is 104 Å². The molecule has 0 aromatic rings. The van der Waals surface area contributed by atoms with E-state index in [9.17, 15) is 4.79 Å². The topological polar surface area (TPSA) is 58.8 Å². The van der Waals surface area contributed by atoms with Gasteiger partial charge in [0.1, 0.15) is 0 Å². The van der Waals surface area contributed by atoms with Crippen LogP contribution in [-0.2, 0) is 9.53 Å². The fourth-order valence-electron chi connectivity index (χ4n) is 2.06. The molecule has 1 rings (SSSR count). The molecule has 0 radical (unpaired) electrons. The molecule has 0 unspecified atom stereocenters. The second kappa shape index (κ2) is 8.44. The van der Waals surface area contributed by atoms with Crippen molar-refractivity contribution in [3.05, 3.63) is 0 Å². The first kappa shape index (κ1) is 14.4. The molecule has 1 aliphatic rings. The zero-order valence-electron chi connectivity index (χ0n) is 10.9. The predicted molar refractivity (Wildman–Crippen MR) is 67.8 cm³/mol. The number of methoxy groups -OCH3 is 1. The smallest absolute Gasteiger partial charge is 0.236 e. The first-order valence-electron chi connectivity index (χ1n) is 6.47. The molecular formula is C12H25N3O2. The van der Waals surface area contributed by atoms with Gasteiger partial charge in [0, 0.05) is 26.7 Å². The van der Waals surface area contributed by atoms with E-state index >= 15 is 0 Å². The zero-order valence-corrected chi connectivity index (χ0v) is 10.9. The summed E-state index contributed by atoms with van der Waals surface area (Å²) in [6, 6.07) is 0. The number of hydrogen-bond acceptors (Lipinski definition) is 4. The first-order chi connectivity index (χ1) is 8.27. The van der Waals surface area contributed by atoms with E-state index in [0.717, 1.165) is 45.4 Å². The molecule has 5 nitrogen and oxygen atoms in total. The van der Waals surface area contributed by atoms with E-state index in [4.69, 9.17) is 10.5 Å². The summed E-state index contributed by atoms with van der Waals surface area (Å²) in [5, 5.41) is 0. The molecule has 0 atom stereocenters. The van der Waals surface area contributed by atoms with Crippen molar-refractivity contribution >= 4 is 5.91 Å². The molecule has 0 aromatic heterocycles. The highest BCUT2D eigenvalue weighted by Gasteiger charge is 2.19. The van der Waals surface area contributed by atoms with E-state index < -0.39 is 0 Å². The molecule has 0 bridgehead atoms. The van der Waals surface area contributed by atoms with Gasteiger partial charge in [-0.15, -0.1) is 0 Å². The third-order valence-electron chi connectivity index (χ3n) is 3.11. The number of amides is 1. The van der Waals surface area contributed by atoms with Gasteiger partial charge in [-0.2, -0.15) is 0 Å². The van der Waals surface area contributed by atoms with E-state index in [-0.39, 0.29) is 5.91 Å². The average Bonchev–Trinajstić information content (AvgIpc) is 2.86. The lowest BCUT2D eigenvalue weighted by Gasteiger charge is -2.24. The van der Waals surface area contributed by atoms with Crippen molar-refractivity contribution < 1.29 is 9.53 Å². The van der Waals surface area contributed by atoms with E-state index in [0.29, 0.717) is 19.7 Å². The van der Waals surface area contributed by atoms with Crippen LogP contribution in [0.1, 0.15) is 19.3 Å². The quantitative estimate of drug-likeness (QED) is 0.647. The van der Waals surface area contributed by atoms with E-state index in [2.05, 4.69) is 4.90 Å². The summed E-state index contributed by atoms with van der Waals surface area (Å²) in [5.41, 5.74) is 5.51. The number of ether oxygens (including phenoxy) is 1. The van der Waals surface area contributed by atoms with Crippen molar-refractivity contribution in [3.8, 4) is 0 Å². The van der Waals surface area contributed by atoms with Gasteiger partial charge in [-0.25, -0.2) is 0 Å².